The third-order valence-corrected chi connectivity index (χ3v) is 2.59. The van der Waals surface area contributed by atoms with Crippen LogP contribution in [0.25, 0.3) is 11.4 Å². The lowest BCUT2D eigenvalue weighted by molar-refractivity contribution is -0.137. The van der Waals surface area contributed by atoms with Crippen molar-refractivity contribution in [2.24, 2.45) is 0 Å². The summed E-state index contributed by atoms with van der Waals surface area (Å²) >= 11 is 0. The number of imidazole rings is 1. The quantitative estimate of drug-likeness (QED) is 0.610. The van der Waals surface area contributed by atoms with E-state index in [1.165, 1.54) is 6.08 Å². The molecule has 2 aromatic rings. The molecule has 0 N–H and O–H groups in total. The van der Waals surface area contributed by atoms with Crippen molar-refractivity contribution in [2.75, 3.05) is 6.61 Å². The standard InChI is InChI=1S/C15H16N2O2/c1-2-19-14(18)9-6-11-17-12-10-16-15(17)13-7-4-3-5-8-13/h3-10,12H,2,11H2,1H3/b9-6+. The summed E-state index contributed by atoms with van der Waals surface area (Å²) in [6.07, 6.45) is 6.85. The molecule has 1 aromatic carbocycles. The van der Waals surface area contributed by atoms with Crippen LogP contribution in [0.2, 0.25) is 0 Å². The van der Waals surface area contributed by atoms with Crippen molar-refractivity contribution < 1.29 is 9.53 Å². The number of carbonyl (C=O) groups excluding carboxylic acids is 1. The molecule has 1 heterocycles. The summed E-state index contributed by atoms with van der Waals surface area (Å²) < 4.78 is 6.80. The Hall–Kier alpha value is -2.36. The maximum Gasteiger partial charge on any atom is 0.330 e. The van der Waals surface area contributed by atoms with E-state index in [0.717, 1.165) is 11.4 Å². The Morgan fingerprint density at radius 2 is 2.16 bits per heavy atom. The predicted molar refractivity (Wildman–Crippen MR) is 73.4 cm³/mol. The molecule has 0 spiro atoms. The number of benzene rings is 1. The number of carbonyl (C=O) groups is 1. The lowest BCUT2D eigenvalue weighted by atomic mass is 10.2. The number of esters is 1. The van der Waals surface area contributed by atoms with E-state index in [1.807, 2.05) is 41.1 Å². The Morgan fingerprint density at radius 3 is 2.89 bits per heavy atom. The molecule has 0 amide bonds. The SMILES string of the molecule is CCOC(=O)/C=C/Cn1ccnc1-c1ccccc1. The van der Waals surface area contributed by atoms with E-state index in [-0.39, 0.29) is 5.97 Å². The van der Waals surface area contributed by atoms with Crippen LogP contribution in [0.3, 0.4) is 0 Å². The van der Waals surface area contributed by atoms with Gasteiger partial charge in [0.1, 0.15) is 5.82 Å². The van der Waals surface area contributed by atoms with Crippen molar-refractivity contribution in [3.05, 3.63) is 54.9 Å². The molecule has 19 heavy (non-hydrogen) atoms. The number of rotatable bonds is 5. The molecule has 2 rings (SSSR count). The largest absolute Gasteiger partial charge is 0.463 e. The first kappa shape index (κ1) is 13.1. The first-order chi connectivity index (χ1) is 9.31. The van der Waals surface area contributed by atoms with E-state index in [9.17, 15) is 4.79 Å². The molecule has 1 aromatic heterocycles. The van der Waals surface area contributed by atoms with Crippen molar-refractivity contribution in [1.29, 1.82) is 0 Å². The highest BCUT2D eigenvalue weighted by molar-refractivity contribution is 5.81. The molecule has 98 valence electrons. The van der Waals surface area contributed by atoms with Gasteiger partial charge in [-0.05, 0) is 6.92 Å². The van der Waals surface area contributed by atoms with Gasteiger partial charge >= 0.3 is 5.97 Å². The van der Waals surface area contributed by atoms with Gasteiger partial charge in [0.2, 0.25) is 0 Å². The highest BCUT2D eigenvalue weighted by Crippen LogP contribution is 2.16. The number of hydrogen-bond acceptors (Lipinski definition) is 3. The van der Waals surface area contributed by atoms with Crippen LogP contribution >= 0.6 is 0 Å². The molecule has 0 aliphatic heterocycles. The van der Waals surface area contributed by atoms with Crippen molar-refractivity contribution in [3.8, 4) is 11.4 Å². The highest BCUT2D eigenvalue weighted by Gasteiger charge is 2.03. The first-order valence-corrected chi connectivity index (χ1v) is 6.21. The van der Waals surface area contributed by atoms with E-state index in [1.54, 1.807) is 19.2 Å². The second-order valence-electron chi connectivity index (χ2n) is 3.92. The number of nitrogens with zero attached hydrogens (tertiary/aromatic N) is 2. The molecule has 4 nitrogen and oxygen atoms in total. The molecule has 4 heteroatoms. The van der Waals surface area contributed by atoms with E-state index < -0.39 is 0 Å². The summed E-state index contributed by atoms with van der Waals surface area (Å²) in [5.41, 5.74) is 1.05. The summed E-state index contributed by atoms with van der Waals surface area (Å²) in [6.45, 7) is 2.77. The summed E-state index contributed by atoms with van der Waals surface area (Å²) in [7, 11) is 0. The summed E-state index contributed by atoms with van der Waals surface area (Å²) in [5.74, 6) is 0.568. The van der Waals surface area contributed by atoms with Crippen molar-refractivity contribution >= 4 is 5.97 Å². The van der Waals surface area contributed by atoms with Crippen molar-refractivity contribution in [2.45, 2.75) is 13.5 Å². The fourth-order valence-corrected chi connectivity index (χ4v) is 1.76. The van der Waals surface area contributed by atoms with Crippen LogP contribution < -0.4 is 0 Å². The normalized spacial score (nSPS) is 10.8. The monoisotopic (exact) mass is 256 g/mol. The number of ether oxygens (including phenoxy) is 1. The molecule has 0 aliphatic rings. The van der Waals surface area contributed by atoms with Gasteiger partial charge in [-0.15, -0.1) is 0 Å². The molecular weight excluding hydrogens is 240 g/mol. The Balaban J connectivity index is 2.07. The zero-order valence-electron chi connectivity index (χ0n) is 10.8. The zero-order valence-corrected chi connectivity index (χ0v) is 10.8. The first-order valence-electron chi connectivity index (χ1n) is 6.21. The van der Waals surface area contributed by atoms with Gasteiger partial charge in [-0.2, -0.15) is 0 Å². The molecule has 0 radical (unpaired) electrons. The Kier molecular flexibility index (Phi) is 4.50. The molecule has 0 saturated heterocycles. The van der Waals surface area contributed by atoms with E-state index >= 15 is 0 Å². The lowest BCUT2D eigenvalue weighted by Gasteiger charge is -2.04. The average molecular weight is 256 g/mol. The van der Waals surface area contributed by atoms with Crippen LogP contribution in [0.15, 0.2) is 54.9 Å². The topological polar surface area (TPSA) is 44.1 Å². The Labute approximate surface area is 112 Å². The highest BCUT2D eigenvalue weighted by atomic mass is 16.5. The van der Waals surface area contributed by atoms with Crippen molar-refractivity contribution in [3.63, 3.8) is 0 Å². The van der Waals surface area contributed by atoms with Gasteiger partial charge in [0, 0.05) is 30.6 Å². The van der Waals surface area contributed by atoms with E-state index in [2.05, 4.69) is 4.98 Å². The maximum atomic E-state index is 11.2. The summed E-state index contributed by atoms with van der Waals surface area (Å²) in [4.78, 5) is 15.5. The minimum atomic E-state index is -0.316. The minimum absolute atomic E-state index is 0.316. The van der Waals surface area contributed by atoms with Gasteiger partial charge in [0.05, 0.1) is 6.61 Å². The summed E-state index contributed by atoms with van der Waals surface area (Å²) in [5, 5.41) is 0. The number of aromatic nitrogens is 2. The van der Waals surface area contributed by atoms with Crippen molar-refractivity contribution in [1.82, 2.24) is 9.55 Å². The van der Waals surface area contributed by atoms with Crippen LogP contribution in [0.5, 0.6) is 0 Å². The van der Waals surface area contributed by atoms with Crippen LogP contribution in [0.4, 0.5) is 0 Å². The summed E-state index contributed by atoms with van der Waals surface area (Å²) in [6, 6.07) is 9.94. The van der Waals surface area contributed by atoms with Crippen LogP contribution in [-0.2, 0) is 16.1 Å². The van der Waals surface area contributed by atoms with Gasteiger partial charge in [-0.25, -0.2) is 9.78 Å². The lowest BCUT2D eigenvalue weighted by Crippen LogP contribution is -2.01. The third-order valence-electron chi connectivity index (χ3n) is 2.59. The maximum absolute atomic E-state index is 11.2. The number of allylic oxidation sites excluding steroid dienone is 1. The van der Waals surface area contributed by atoms with Gasteiger partial charge in [0.15, 0.2) is 0 Å². The smallest absolute Gasteiger partial charge is 0.330 e. The third kappa shape index (κ3) is 3.55. The second kappa shape index (κ2) is 6.54. The second-order valence-corrected chi connectivity index (χ2v) is 3.92. The Morgan fingerprint density at radius 1 is 1.37 bits per heavy atom. The van der Waals surface area contributed by atoms with Gasteiger partial charge in [-0.3, -0.25) is 0 Å². The van der Waals surface area contributed by atoms with Gasteiger partial charge in [0.25, 0.3) is 0 Å². The van der Waals surface area contributed by atoms with Crippen LogP contribution in [0, 0.1) is 0 Å². The molecular formula is C15H16N2O2. The van der Waals surface area contributed by atoms with Crippen LogP contribution in [0.1, 0.15) is 6.92 Å². The van der Waals surface area contributed by atoms with Gasteiger partial charge in [-0.1, -0.05) is 36.4 Å². The average Bonchev–Trinajstić information content (AvgIpc) is 2.88. The fraction of sp³-hybridized carbons (Fsp3) is 0.200. The molecule has 0 aliphatic carbocycles. The predicted octanol–water partition coefficient (Wildman–Crippen LogP) is 2.67. The molecule has 0 saturated carbocycles. The van der Waals surface area contributed by atoms with E-state index in [4.69, 9.17) is 4.74 Å². The zero-order chi connectivity index (χ0) is 13.5. The number of hydrogen-bond donors (Lipinski definition) is 0. The molecule has 0 bridgehead atoms. The molecule has 0 unspecified atom stereocenters. The fourth-order valence-electron chi connectivity index (χ4n) is 1.76. The van der Waals surface area contributed by atoms with Gasteiger partial charge < -0.3 is 9.30 Å². The molecule has 0 fully saturated rings. The Bertz CT molecular complexity index is 559. The minimum Gasteiger partial charge on any atom is -0.463 e. The molecule has 0 atom stereocenters. The van der Waals surface area contributed by atoms with E-state index in [0.29, 0.717) is 13.2 Å². The van der Waals surface area contributed by atoms with Crippen LogP contribution in [-0.4, -0.2) is 22.1 Å².